The SMILES string of the molecule is C=CCCOC(C)C(=O)N(CC)C1C(=O)NC(=O)N(CCCC)C1N. The number of amides is 4. The second-order valence-electron chi connectivity index (χ2n) is 5.99. The van der Waals surface area contributed by atoms with Gasteiger partial charge >= 0.3 is 6.03 Å². The minimum absolute atomic E-state index is 0.287. The zero-order valence-corrected chi connectivity index (χ0v) is 15.4. The molecule has 3 N–H and O–H groups in total. The molecule has 0 bridgehead atoms. The average molecular weight is 354 g/mol. The molecule has 0 aliphatic carbocycles. The third-order valence-electron chi connectivity index (χ3n) is 4.19. The molecule has 0 aromatic carbocycles. The topological polar surface area (TPSA) is 105 Å². The first kappa shape index (κ1) is 21.1. The second kappa shape index (κ2) is 10.1. The van der Waals surface area contributed by atoms with Crippen LogP contribution in [0, 0.1) is 0 Å². The highest BCUT2D eigenvalue weighted by molar-refractivity contribution is 6.02. The van der Waals surface area contributed by atoms with Gasteiger partial charge in [0, 0.05) is 13.1 Å². The van der Waals surface area contributed by atoms with Gasteiger partial charge in [0.2, 0.25) is 0 Å². The summed E-state index contributed by atoms with van der Waals surface area (Å²) in [5.41, 5.74) is 6.18. The molecule has 3 atom stereocenters. The van der Waals surface area contributed by atoms with E-state index in [1.807, 2.05) is 6.92 Å². The van der Waals surface area contributed by atoms with Crippen molar-refractivity contribution in [3.8, 4) is 0 Å². The van der Waals surface area contributed by atoms with Gasteiger partial charge in [0.05, 0.1) is 6.61 Å². The number of carbonyl (C=O) groups excluding carboxylic acids is 3. The molecule has 0 spiro atoms. The molecule has 3 unspecified atom stereocenters. The summed E-state index contributed by atoms with van der Waals surface area (Å²) in [5, 5.41) is 2.30. The van der Waals surface area contributed by atoms with E-state index in [0.29, 0.717) is 19.6 Å². The Morgan fingerprint density at radius 1 is 1.48 bits per heavy atom. The van der Waals surface area contributed by atoms with Gasteiger partial charge in [-0.2, -0.15) is 0 Å². The highest BCUT2D eigenvalue weighted by atomic mass is 16.5. The molecule has 1 rings (SSSR count). The molecule has 0 aromatic heterocycles. The number of carbonyl (C=O) groups is 3. The summed E-state index contributed by atoms with van der Waals surface area (Å²) < 4.78 is 5.49. The molecule has 1 saturated heterocycles. The Morgan fingerprint density at radius 2 is 2.16 bits per heavy atom. The molecule has 0 radical (unpaired) electrons. The van der Waals surface area contributed by atoms with Crippen LogP contribution in [-0.2, 0) is 14.3 Å². The summed E-state index contributed by atoms with van der Waals surface area (Å²) in [4.78, 5) is 39.9. The molecule has 1 aliphatic rings. The highest BCUT2D eigenvalue weighted by Crippen LogP contribution is 2.16. The summed E-state index contributed by atoms with van der Waals surface area (Å²) in [6.45, 7) is 10.1. The van der Waals surface area contributed by atoms with Gasteiger partial charge < -0.3 is 20.3 Å². The van der Waals surface area contributed by atoms with Gasteiger partial charge in [0.1, 0.15) is 18.3 Å². The lowest BCUT2D eigenvalue weighted by molar-refractivity contribution is -0.151. The number of hydrogen-bond acceptors (Lipinski definition) is 5. The molecule has 0 aromatic rings. The zero-order valence-electron chi connectivity index (χ0n) is 15.4. The molecule has 0 saturated carbocycles. The number of ether oxygens (including phenoxy) is 1. The first-order chi connectivity index (χ1) is 11.9. The molecule has 1 heterocycles. The average Bonchev–Trinajstić information content (AvgIpc) is 2.57. The molecule has 142 valence electrons. The van der Waals surface area contributed by atoms with Crippen molar-refractivity contribution < 1.29 is 19.1 Å². The van der Waals surface area contributed by atoms with Crippen LogP contribution in [0.25, 0.3) is 0 Å². The summed E-state index contributed by atoms with van der Waals surface area (Å²) in [5.74, 6) is -0.884. The Labute approximate surface area is 149 Å². The number of rotatable bonds is 10. The van der Waals surface area contributed by atoms with Crippen molar-refractivity contribution >= 4 is 17.8 Å². The van der Waals surface area contributed by atoms with E-state index in [-0.39, 0.29) is 12.5 Å². The van der Waals surface area contributed by atoms with Crippen LogP contribution in [0.3, 0.4) is 0 Å². The van der Waals surface area contributed by atoms with E-state index >= 15 is 0 Å². The summed E-state index contributed by atoms with van der Waals surface area (Å²) in [6.07, 6.45) is 2.41. The summed E-state index contributed by atoms with van der Waals surface area (Å²) in [6, 6.07) is -1.45. The fourth-order valence-electron chi connectivity index (χ4n) is 2.74. The van der Waals surface area contributed by atoms with Gasteiger partial charge in [-0.3, -0.25) is 14.9 Å². The van der Waals surface area contributed by atoms with Crippen molar-refractivity contribution in [3.05, 3.63) is 12.7 Å². The quantitative estimate of drug-likeness (QED) is 0.446. The molecule has 8 nitrogen and oxygen atoms in total. The van der Waals surface area contributed by atoms with E-state index in [9.17, 15) is 14.4 Å². The van der Waals surface area contributed by atoms with Crippen LogP contribution < -0.4 is 11.1 Å². The number of imide groups is 1. The molecular formula is C17H30N4O4. The van der Waals surface area contributed by atoms with Gasteiger partial charge in [-0.25, -0.2) is 4.79 Å². The zero-order chi connectivity index (χ0) is 19.0. The van der Waals surface area contributed by atoms with Crippen LogP contribution in [0.5, 0.6) is 0 Å². The Balaban J connectivity index is 2.90. The minimum Gasteiger partial charge on any atom is -0.368 e. The lowest BCUT2D eigenvalue weighted by Crippen LogP contribution is -2.71. The number of nitrogens with two attached hydrogens (primary N) is 1. The standard InChI is InChI=1S/C17H30N4O4/c1-5-8-10-21-14(18)13(15(22)19-17(21)24)20(7-3)16(23)12(4)25-11-9-6-2/h6,12-14H,2,5,7-11,18H2,1,3-4H3,(H,19,22,24). The van der Waals surface area contributed by atoms with E-state index in [1.165, 1.54) is 9.80 Å². The van der Waals surface area contributed by atoms with E-state index in [2.05, 4.69) is 11.9 Å². The molecule has 4 amide bonds. The number of hydrogen-bond donors (Lipinski definition) is 2. The fourth-order valence-corrected chi connectivity index (χ4v) is 2.74. The van der Waals surface area contributed by atoms with E-state index in [0.717, 1.165) is 12.8 Å². The highest BCUT2D eigenvalue weighted by Gasteiger charge is 2.44. The van der Waals surface area contributed by atoms with Crippen LogP contribution >= 0.6 is 0 Å². The second-order valence-corrected chi connectivity index (χ2v) is 5.99. The first-order valence-electron chi connectivity index (χ1n) is 8.78. The van der Waals surface area contributed by atoms with Crippen molar-refractivity contribution in [2.45, 2.75) is 58.3 Å². The number of nitrogens with zero attached hydrogens (tertiary/aromatic N) is 2. The lowest BCUT2D eigenvalue weighted by Gasteiger charge is -2.43. The van der Waals surface area contributed by atoms with Gasteiger partial charge in [-0.15, -0.1) is 6.58 Å². The van der Waals surface area contributed by atoms with Gasteiger partial charge in [0.15, 0.2) is 0 Å². The normalized spacial score (nSPS) is 21.7. The smallest absolute Gasteiger partial charge is 0.325 e. The number of nitrogens with one attached hydrogen (secondary N) is 1. The van der Waals surface area contributed by atoms with Gasteiger partial charge in [-0.05, 0) is 26.7 Å². The van der Waals surface area contributed by atoms with Gasteiger partial charge in [-0.1, -0.05) is 19.4 Å². The van der Waals surface area contributed by atoms with Crippen molar-refractivity contribution in [2.24, 2.45) is 5.73 Å². The Bertz CT molecular complexity index is 497. The number of urea groups is 1. The van der Waals surface area contributed by atoms with Crippen LogP contribution in [0.15, 0.2) is 12.7 Å². The third kappa shape index (κ3) is 5.27. The van der Waals surface area contributed by atoms with E-state index in [1.54, 1.807) is 19.9 Å². The van der Waals surface area contributed by atoms with Crippen molar-refractivity contribution in [3.63, 3.8) is 0 Å². The van der Waals surface area contributed by atoms with Crippen molar-refractivity contribution in [2.75, 3.05) is 19.7 Å². The number of unbranched alkanes of at least 4 members (excludes halogenated alkanes) is 1. The maximum Gasteiger partial charge on any atom is 0.325 e. The fraction of sp³-hybridized carbons (Fsp3) is 0.706. The van der Waals surface area contributed by atoms with E-state index < -0.39 is 30.2 Å². The van der Waals surface area contributed by atoms with Crippen LogP contribution in [0.4, 0.5) is 4.79 Å². The van der Waals surface area contributed by atoms with Gasteiger partial charge in [0.25, 0.3) is 11.8 Å². The Morgan fingerprint density at radius 3 is 2.72 bits per heavy atom. The largest absolute Gasteiger partial charge is 0.368 e. The molecular weight excluding hydrogens is 324 g/mol. The van der Waals surface area contributed by atoms with Crippen LogP contribution in [-0.4, -0.2) is 65.7 Å². The van der Waals surface area contributed by atoms with Crippen molar-refractivity contribution in [1.82, 2.24) is 15.1 Å². The van der Waals surface area contributed by atoms with Crippen LogP contribution in [0.2, 0.25) is 0 Å². The van der Waals surface area contributed by atoms with E-state index in [4.69, 9.17) is 10.5 Å². The Kier molecular flexibility index (Phi) is 8.57. The van der Waals surface area contributed by atoms with Crippen molar-refractivity contribution in [1.29, 1.82) is 0 Å². The monoisotopic (exact) mass is 354 g/mol. The predicted molar refractivity (Wildman–Crippen MR) is 94.5 cm³/mol. The number of likely N-dealkylation sites (N-methyl/N-ethyl adjacent to an activating group) is 1. The molecule has 25 heavy (non-hydrogen) atoms. The molecule has 1 fully saturated rings. The first-order valence-corrected chi connectivity index (χ1v) is 8.78. The lowest BCUT2D eigenvalue weighted by atomic mass is 10.1. The Hall–Kier alpha value is -1.93. The third-order valence-corrected chi connectivity index (χ3v) is 4.19. The minimum atomic E-state index is -0.933. The summed E-state index contributed by atoms with van der Waals surface area (Å²) in [7, 11) is 0. The van der Waals surface area contributed by atoms with Crippen LogP contribution in [0.1, 0.15) is 40.0 Å². The maximum atomic E-state index is 12.7. The summed E-state index contributed by atoms with van der Waals surface area (Å²) >= 11 is 0. The molecule has 8 heteroatoms. The predicted octanol–water partition coefficient (Wildman–Crippen LogP) is 0.821. The molecule has 1 aliphatic heterocycles. The maximum absolute atomic E-state index is 12.7.